The number of rotatable bonds is 5. The molecule has 0 bridgehead atoms. The highest BCUT2D eigenvalue weighted by Gasteiger charge is 2.66. The van der Waals surface area contributed by atoms with Crippen molar-refractivity contribution < 1.29 is 23.9 Å². The first-order chi connectivity index (χ1) is 18.5. The summed E-state index contributed by atoms with van der Waals surface area (Å²) in [5.41, 5.74) is -1.18. The minimum Gasteiger partial charge on any atom is -0.469 e. The van der Waals surface area contributed by atoms with Crippen LogP contribution < -0.4 is 0 Å². The summed E-state index contributed by atoms with van der Waals surface area (Å²) in [5, 5.41) is 10.0. The van der Waals surface area contributed by atoms with Gasteiger partial charge in [0.05, 0.1) is 30.1 Å². The van der Waals surface area contributed by atoms with Gasteiger partial charge in [-0.15, -0.1) is 0 Å². The van der Waals surface area contributed by atoms with Crippen molar-refractivity contribution in [2.45, 2.75) is 99.8 Å². The summed E-state index contributed by atoms with van der Waals surface area (Å²) in [6.07, 6.45) is 10.6. The van der Waals surface area contributed by atoms with Crippen molar-refractivity contribution >= 4 is 17.5 Å². The minimum absolute atomic E-state index is 0.0255. The van der Waals surface area contributed by atoms with Crippen LogP contribution in [-0.4, -0.2) is 38.4 Å². The molecule has 6 nitrogen and oxygen atoms in total. The van der Waals surface area contributed by atoms with Crippen molar-refractivity contribution in [2.24, 2.45) is 44.3 Å². The van der Waals surface area contributed by atoms with E-state index in [0.717, 1.165) is 56.9 Å². The number of carbonyl (C=O) groups is 3. The van der Waals surface area contributed by atoms with E-state index in [1.807, 2.05) is 13.0 Å². The molecule has 4 aliphatic rings. The zero-order chi connectivity index (χ0) is 29.9. The van der Waals surface area contributed by atoms with Gasteiger partial charge >= 0.3 is 5.97 Å². The predicted octanol–water partition coefficient (Wildman–Crippen LogP) is 6.79. The molecule has 3 saturated carbocycles. The molecular weight excluding hydrogens is 502 g/mol. The number of carbonyl (C=O) groups excluding carboxylic acids is 3. The van der Waals surface area contributed by atoms with Crippen molar-refractivity contribution in [3.8, 4) is 6.07 Å². The van der Waals surface area contributed by atoms with Crippen LogP contribution in [0.5, 0.6) is 0 Å². The largest absolute Gasteiger partial charge is 0.469 e. The van der Waals surface area contributed by atoms with Gasteiger partial charge in [0.1, 0.15) is 6.07 Å². The summed E-state index contributed by atoms with van der Waals surface area (Å²) in [4.78, 5) is 39.8. The van der Waals surface area contributed by atoms with E-state index in [1.165, 1.54) is 7.11 Å². The molecule has 0 aromatic rings. The van der Waals surface area contributed by atoms with Crippen LogP contribution >= 0.6 is 0 Å². The predicted molar refractivity (Wildman–Crippen MR) is 154 cm³/mol. The van der Waals surface area contributed by atoms with Gasteiger partial charge in [-0.3, -0.25) is 14.4 Å². The second-order valence-corrected chi connectivity index (χ2v) is 15.2. The number of Topliss-reactive ketones (excluding diaryl/α,β-unsaturated/α-hetero) is 1. The third kappa shape index (κ3) is 4.34. The van der Waals surface area contributed by atoms with Crippen molar-refractivity contribution in [1.82, 2.24) is 0 Å². The Labute approximate surface area is 240 Å². The number of nitriles is 1. The molecule has 0 N–H and O–H groups in total. The van der Waals surface area contributed by atoms with Gasteiger partial charge in [-0.05, 0) is 99.4 Å². The lowest BCUT2D eigenvalue weighted by Crippen LogP contribution is -2.60. The minimum atomic E-state index is -0.860. The molecule has 0 radical (unpaired) electrons. The van der Waals surface area contributed by atoms with Crippen LogP contribution in [0, 0.1) is 55.7 Å². The molecule has 0 aromatic heterocycles. The Bertz CT molecular complexity index is 1210. The molecule has 3 fully saturated rings. The maximum atomic E-state index is 13.6. The zero-order valence-corrected chi connectivity index (χ0v) is 26.2. The fourth-order valence-electron chi connectivity index (χ4n) is 9.88. The molecule has 40 heavy (non-hydrogen) atoms. The van der Waals surface area contributed by atoms with E-state index in [4.69, 9.17) is 9.47 Å². The zero-order valence-electron chi connectivity index (χ0n) is 26.2. The van der Waals surface area contributed by atoms with Crippen LogP contribution in [0.1, 0.15) is 99.8 Å². The van der Waals surface area contributed by atoms with Crippen molar-refractivity contribution in [3.05, 3.63) is 23.3 Å². The summed E-state index contributed by atoms with van der Waals surface area (Å²) in [6.45, 7) is 15.1. The molecule has 0 aromatic carbocycles. The summed E-state index contributed by atoms with van der Waals surface area (Å²) in [5.74, 6) is -0.166. The lowest BCUT2D eigenvalue weighted by atomic mass is 9.38. The van der Waals surface area contributed by atoms with Gasteiger partial charge in [0.2, 0.25) is 0 Å². The second-order valence-electron chi connectivity index (χ2n) is 15.2. The maximum Gasteiger partial charge on any atom is 0.312 e. The quantitative estimate of drug-likeness (QED) is 0.276. The lowest BCUT2D eigenvalue weighted by Gasteiger charge is -2.65. The van der Waals surface area contributed by atoms with Crippen molar-refractivity contribution in [1.29, 1.82) is 5.26 Å². The van der Waals surface area contributed by atoms with Gasteiger partial charge in [0, 0.05) is 12.5 Å². The summed E-state index contributed by atoms with van der Waals surface area (Å²) >= 11 is 0. The first kappa shape index (κ1) is 30.7. The van der Waals surface area contributed by atoms with E-state index in [1.54, 1.807) is 20.1 Å². The van der Waals surface area contributed by atoms with E-state index in [0.29, 0.717) is 0 Å². The highest BCUT2D eigenvalue weighted by atomic mass is 16.5. The molecule has 0 heterocycles. The number of ketones is 2. The molecule has 0 amide bonds. The van der Waals surface area contributed by atoms with Gasteiger partial charge < -0.3 is 9.47 Å². The van der Waals surface area contributed by atoms with Gasteiger partial charge in [-0.25, -0.2) is 0 Å². The molecule has 220 valence electrons. The second kappa shape index (κ2) is 9.93. The van der Waals surface area contributed by atoms with Crippen LogP contribution in [-0.2, 0) is 23.9 Å². The Morgan fingerprint density at radius 1 is 1.02 bits per heavy atom. The molecule has 2 unspecified atom stereocenters. The average molecular weight is 552 g/mol. The Morgan fingerprint density at radius 3 is 2.25 bits per heavy atom. The third-order valence-corrected chi connectivity index (χ3v) is 12.3. The monoisotopic (exact) mass is 551 g/mol. The molecule has 0 aliphatic heterocycles. The summed E-state index contributed by atoms with van der Waals surface area (Å²) in [6, 6.07) is 2.18. The first-order valence-electron chi connectivity index (χ1n) is 15.0. The molecule has 6 heteroatoms. The fourth-order valence-corrected chi connectivity index (χ4v) is 9.88. The average Bonchev–Trinajstić information content (AvgIpc) is 2.87. The molecule has 4 aliphatic carbocycles. The van der Waals surface area contributed by atoms with Crippen LogP contribution in [0.3, 0.4) is 0 Å². The number of esters is 1. The number of allylic oxidation sites excluding steroid dienone is 4. The number of hydrogen-bond donors (Lipinski definition) is 0. The number of fused-ring (bicyclic) bond motifs is 2. The topological polar surface area (TPSA) is 93.5 Å². The number of hydrogen-bond acceptors (Lipinski definition) is 6. The molecular formula is C34H49NO5. The highest BCUT2D eigenvalue weighted by Crippen LogP contribution is 2.71. The molecule has 4 rings (SSSR count). The van der Waals surface area contributed by atoms with Crippen LogP contribution in [0.15, 0.2) is 23.3 Å². The lowest BCUT2D eigenvalue weighted by molar-refractivity contribution is -0.174. The highest BCUT2D eigenvalue weighted by molar-refractivity contribution is 6.04. The van der Waals surface area contributed by atoms with Gasteiger partial charge in [0.15, 0.2) is 11.6 Å². The molecule has 0 saturated heterocycles. The Hall–Kier alpha value is -2.26. The van der Waals surface area contributed by atoms with Gasteiger partial charge in [-0.2, -0.15) is 5.26 Å². The SMILES string of the molecule is COC[C@]1(C)C(=O)C(C#N)=C[C@]2(C)/C(=C/C(C)=O)[C@](C)([C@]3(C)CC[C@@]4(C(=O)OC)CCC(C)(C)CC4C3)CCC12. The Morgan fingerprint density at radius 2 is 1.68 bits per heavy atom. The molecule has 7 atom stereocenters. The van der Waals surface area contributed by atoms with E-state index in [-0.39, 0.29) is 57.8 Å². The number of ether oxygens (including phenoxy) is 2. The smallest absolute Gasteiger partial charge is 0.312 e. The maximum absolute atomic E-state index is 13.6. The van der Waals surface area contributed by atoms with Gasteiger partial charge in [-0.1, -0.05) is 46.3 Å². The van der Waals surface area contributed by atoms with Crippen molar-refractivity contribution in [3.63, 3.8) is 0 Å². The van der Waals surface area contributed by atoms with E-state index in [2.05, 4.69) is 40.7 Å². The number of nitrogens with zero attached hydrogens (tertiary/aromatic N) is 1. The standard InChI is InChI=1S/C34H49NO5/c1-22(36)16-26-31(5)17-23(20-35)27(37)32(6,21-39-8)25(31)10-11-33(26,7)30(4)13-15-34(28(38)40-9)14-12-29(2,3)18-24(34)19-30/h16-17,24-25H,10-15,18-19,21H2,1-9H3/b26-16-/t24?,25?,30-,31+,32+,33-,34+/m1/s1. The summed E-state index contributed by atoms with van der Waals surface area (Å²) < 4.78 is 11.0. The van der Waals surface area contributed by atoms with Gasteiger partial charge in [0.25, 0.3) is 0 Å². The molecule has 0 spiro atoms. The van der Waals surface area contributed by atoms with Crippen molar-refractivity contribution in [2.75, 3.05) is 20.8 Å². The summed E-state index contributed by atoms with van der Waals surface area (Å²) in [7, 11) is 3.11. The van der Waals surface area contributed by atoms with E-state index in [9.17, 15) is 19.6 Å². The van der Waals surface area contributed by atoms with E-state index < -0.39 is 16.2 Å². The normalized spacial score (nSPS) is 43.6. The first-order valence-corrected chi connectivity index (χ1v) is 15.0. The Kier molecular flexibility index (Phi) is 7.62. The van der Waals surface area contributed by atoms with E-state index >= 15 is 0 Å². The van der Waals surface area contributed by atoms with Crippen LogP contribution in [0.25, 0.3) is 0 Å². The van der Waals surface area contributed by atoms with Crippen LogP contribution in [0.4, 0.5) is 0 Å². The Balaban J connectivity index is 1.86. The number of methoxy groups -OCH3 is 2. The van der Waals surface area contributed by atoms with Crippen LogP contribution in [0.2, 0.25) is 0 Å². The fraction of sp³-hybridized carbons (Fsp3) is 0.765. The third-order valence-electron chi connectivity index (χ3n) is 12.3.